The fourth-order valence-electron chi connectivity index (χ4n) is 6.74. The molecule has 0 saturated heterocycles. The van der Waals surface area contributed by atoms with Crippen LogP contribution < -0.4 is 4.74 Å². The first-order valence-electron chi connectivity index (χ1n) is 11.7. The monoisotopic (exact) mass is 402 g/mol. The average molecular weight is 403 g/mol. The van der Waals surface area contributed by atoms with Crippen LogP contribution in [0.15, 0.2) is 24.3 Å². The lowest BCUT2D eigenvalue weighted by molar-refractivity contribution is 0.0742. The van der Waals surface area contributed by atoms with Gasteiger partial charge < -0.3 is 4.74 Å². The molecule has 0 amide bonds. The highest BCUT2D eigenvalue weighted by molar-refractivity contribution is 5.33. The third-order valence-corrected chi connectivity index (χ3v) is 8.34. The molecular formula is C26H36F2O. The van der Waals surface area contributed by atoms with Crippen LogP contribution in [0.4, 0.5) is 8.78 Å². The highest BCUT2D eigenvalue weighted by Crippen LogP contribution is 2.51. The number of benzene rings is 1. The zero-order valence-corrected chi connectivity index (χ0v) is 18.0. The molecule has 0 spiro atoms. The minimum Gasteiger partial charge on any atom is -0.494 e. The number of ether oxygens (including phenoxy) is 1. The smallest absolute Gasteiger partial charge is 0.200 e. The SMILES string of the molecule is C/C=C/C1CCC(C2CCC3CC(c4ccc(OC)c(F)c4F)CCC3C2)CC1. The zero-order chi connectivity index (χ0) is 20.4. The summed E-state index contributed by atoms with van der Waals surface area (Å²) in [6, 6.07) is 3.33. The Morgan fingerprint density at radius 1 is 0.793 bits per heavy atom. The van der Waals surface area contributed by atoms with Crippen molar-refractivity contribution in [2.45, 2.75) is 77.0 Å². The molecule has 4 unspecified atom stereocenters. The number of allylic oxidation sites excluding steroid dienone is 2. The molecule has 3 aliphatic rings. The molecule has 3 saturated carbocycles. The quantitative estimate of drug-likeness (QED) is 0.470. The molecule has 1 nitrogen and oxygen atoms in total. The first kappa shape index (κ1) is 20.9. The normalized spacial score (nSPS) is 35.4. The molecule has 3 aliphatic carbocycles. The first-order valence-corrected chi connectivity index (χ1v) is 11.7. The Kier molecular flexibility index (Phi) is 6.61. The molecule has 0 radical (unpaired) electrons. The van der Waals surface area contributed by atoms with Gasteiger partial charge in [0.1, 0.15) is 0 Å². The van der Waals surface area contributed by atoms with Gasteiger partial charge in [-0.25, -0.2) is 4.39 Å². The van der Waals surface area contributed by atoms with E-state index in [1.165, 1.54) is 58.5 Å². The highest BCUT2D eigenvalue weighted by Gasteiger charge is 2.39. The van der Waals surface area contributed by atoms with Gasteiger partial charge in [-0.2, -0.15) is 4.39 Å². The van der Waals surface area contributed by atoms with Crippen LogP contribution in [0.5, 0.6) is 5.75 Å². The second-order valence-electron chi connectivity index (χ2n) is 9.79. The Balaban J connectivity index is 1.35. The van der Waals surface area contributed by atoms with Gasteiger partial charge in [-0.3, -0.25) is 0 Å². The van der Waals surface area contributed by atoms with E-state index in [-0.39, 0.29) is 11.7 Å². The van der Waals surface area contributed by atoms with Crippen molar-refractivity contribution in [3.8, 4) is 5.75 Å². The van der Waals surface area contributed by atoms with E-state index in [2.05, 4.69) is 19.1 Å². The second kappa shape index (κ2) is 9.18. The third kappa shape index (κ3) is 4.39. The third-order valence-electron chi connectivity index (χ3n) is 8.34. The number of methoxy groups -OCH3 is 1. The van der Waals surface area contributed by atoms with Crippen LogP contribution in [0.1, 0.15) is 82.6 Å². The molecule has 0 N–H and O–H groups in total. The summed E-state index contributed by atoms with van der Waals surface area (Å²) in [6.45, 7) is 2.13. The molecule has 0 aliphatic heterocycles. The topological polar surface area (TPSA) is 9.23 Å². The van der Waals surface area contributed by atoms with Crippen molar-refractivity contribution in [1.82, 2.24) is 0 Å². The molecule has 0 heterocycles. The van der Waals surface area contributed by atoms with Gasteiger partial charge in [0, 0.05) is 0 Å². The van der Waals surface area contributed by atoms with E-state index in [4.69, 9.17) is 4.74 Å². The van der Waals surface area contributed by atoms with E-state index in [0.29, 0.717) is 11.5 Å². The van der Waals surface area contributed by atoms with Crippen molar-refractivity contribution >= 4 is 0 Å². The van der Waals surface area contributed by atoms with Crippen molar-refractivity contribution in [3.05, 3.63) is 41.5 Å². The van der Waals surface area contributed by atoms with Crippen LogP contribution >= 0.6 is 0 Å². The summed E-state index contributed by atoms with van der Waals surface area (Å²) in [5.74, 6) is 2.75. The maximum Gasteiger partial charge on any atom is 0.200 e. The summed E-state index contributed by atoms with van der Waals surface area (Å²) in [5, 5.41) is 0. The predicted molar refractivity (Wildman–Crippen MR) is 114 cm³/mol. The lowest BCUT2D eigenvalue weighted by Crippen LogP contribution is -2.34. The largest absolute Gasteiger partial charge is 0.494 e. The molecule has 0 bridgehead atoms. The fraction of sp³-hybridized carbons (Fsp3) is 0.692. The minimum atomic E-state index is -0.829. The summed E-state index contributed by atoms with van der Waals surface area (Å²) in [4.78, 5) is 0. The van der Waals surface area contributed by atoms with Crippen molar-refractivity contribution in [1.29, 1.82) is 0 Å². The van der Waals surface area contributed by atoms with Gasteiger partial charge in [-0.1, -0.05) is 18.2 Å². The molecule has 3 fully saturated rings. The Bertz CT molecular complexity index is 720. The lowest BCUT2D eigenvalue weighted by Gasteiger charge is -2.45. The number of rotatable bonds is 4. The standard InChI is InChI=1S/C26H36F2O/c1-3-4-17-5-7-18(8-6-17)19-9-10-21-16-22(12-11-20(21)15-19)23-13-14-24(29-2)26(28)25(23)27/h3-4,13-14,17-22H,5-12,15-16H2,1-2H3/b4-3+. The van der Waals surface area contributed by atoms with E-state index >= 15 is 0 Å². The van der Waals surface area contributed by atoms with Crippen LogP contribution in [-0.2, 0) is 0 Å². The number of halogens is 2. The van der Waals surface area contributed by atoms with Crippen LogP contribution in [0.25, 0.3) is 0 Å². The molecule has 0 aromatic heterocycles. The predicted octanol–water partition coefficient (Wildman–Crippen LogP) is 7.66. The summed E-state index contributed by atoms with van der Waals surface area (Å²) < 4.78 is 33.7. The zero-order valence-electron chi connectivity index (χ0n) is 18.0. The second-order valence-corrected chi connectivity index (χ2v) is 9.79. The van der Waals surface area contributed by atoms with E-state index < -0.39 is 11.6 Å². The van der Waals surface area contributed by atoms with Crippen LogP contribution in [0.2, 0.25) is 0 Å². The molecule has 4 atom stereocenters. The van der Waals surface area contributed by atoms with Gasteiger partial charge in [0.15, 0.2) is 11.6 Å². The number of hydrogen-bond donors (Lipinski definition) is 0. The molecular weight excluding hydrogens is 366 g/mol. The van der Waals surface area contributed by atoms with E-state index in [1.807, 2.05) is 0 Å². The van der Waals surface area contributed by atoms with Gasteiger partial charge in [0.25, 0.3) is 0 Å². The maximum atomic E-state index is 14.6. The number of hydrogen-bond acceptors (Lipinski definition) is 1. The van der Waals surface area contributed by atoms with Crippen LogP contribution in [-0.4, -0.2) is 7.11 Å². The van der Waals surface area contributed by atoms with Crippen LogP contribution in [0.3, 0.4) is 0 Å². The van der Waals surface area contributed by atoms with Gasteiger partial charge in [0.2, 0.25) is 5.82 Å². The van der Waals surface area contributed by atoms with Gasteiger partial charge in [0.05, 0.1) is 7.11 Å². The lowest BCUT2D eigenvalue weighted by atomic mass is 9.60. The molecule has 1 aromatic rings. The van der Waals surface area contributed by atoms with Crippen molar-refractivity contribution < 1.29 is 13.5 Å². The molecule has 1 aromatic carbocycles. The molecule has 29 heavy (non-hydrogen) atoms. The van der Waals surface area contributed by atoms with E-state index in [1.54, 1.807) is 12.1 Å². The molecule has 160 valence electrons. The maximum absolute atomic E-state index is 14.6. The Labute approximate surface area is 174 Å². The van der Waals surface area contributed by atoms with Gasteiger partial charge in [-0.05, 0) is 118 Å². The molecule has 4 rings (SSSR count). The van der Waals surface area contributed by atoms with Crippen molar-refractivity contribution in [3.63, 3.8) is 0 Å². The first-order chi connectivity index (χ1) is 14.1. The van der Waals surface area contributed by atoms with Crippen LogP contribution in [0, 0.1) is 41.2 Å². The van der Waals surface area contributed by atoms with Gasteiger partial charge in [-0.15, -0.1) is 0 Å². The summed E-state index contributed by atoms with van der Waals surface area (Å²) in [6.07, 6.45) is 17.3. The average Bonchev–Trinajstić information content (AvgIpc) is 2.76. The Morgan fingerprint density at radius 2 is 1.41 bits per heavy atom. The van der Waals surface area contributed by atoms with Crippen molar-refractivity contribution in [2.24, 2.45) is 29.6 Å². The Hall–Kier alpha value is -1.38. The number of fused-ring (bicyclic) bond motifs is 1. The Morgan fingerprint density at radius 3 is 2.10 bits per heavy atom. The highest BCUT2D eigenvalue weighted by atomic mass is 19.2. The van der Waals surface area contributed by atoms with Gasteiger partial charge >= 0.3 is 0 Å². The minimum absolute atomic E-state index is 0.00425. The van der Waals surface area contributed by atoms with E-state index in [9.17, 15) is 8.78 Å². The van der Waals surface area contributed by atoms with Crippen molar-refractivity contribution in [2.75, 3.05) is 7.11 Å². The summed E-state index contributed by atoms with van der Waals surface area (Å²) in [7, 11) is 1.38. The fourth-order valence-corrected chi connectivity index (χ4v) is 6.74. The summed E-state index contributed by atoms with van der Waals surface area (Å²) in [5.41, 5.74) is 0.561. The van der Waals surface area contributed by atoms with E-state index in [0.717, 1.165) is 36.5 Å². The summed E-state index contributed by atoms with van der Waals surface area (Å²) >= 11 is 0. The molecule has 3 heteroatoms.